The quantitative estimate of drug-likeness (QED) is 0.0163. The largest absolute Gasteiger partial charge is 0.461 e. The Hall–Kier alpha value is -11.0. The number of benzene rings is 7. The molecule has 0 saturated carbocycles. The van der Waals surface area contributed by atoms with Gasteiger partial charge < -0.3 is 28.9 Å². The lowest BCUT2D eigenvalue weighted by atomic mass is 9.64. The molecule has 0 aliphatic carbocycles. The van der Waals surface area contributed by atoms with E-state index in [-0.39, 0.29) is 37.2 Å². The predicted molar refractivity (Wildman–Crippen MR) is 463 cm³/mol. The van der Waals surface area contributed by atoms with Gasteiger partial charge in [-0.3, -0.25) is 19.2 Å². The highest BCUT2D eigenvalue weighted by molar-refractivity contribution is 5.95. The monoisotopic (exact) mass is 1520 g/mol. The van der Waals surface area contributed by atoms with E-state index in [0.29, 0.717) is 46.4 Å². The van der Waals surface area contributed by atoms with Crippen molar-refractivity contribution in [3.05, 3.63) is 299 Å². The zero-order valence-electron chi connectivity index (χ0n) is 67.7. The van der Waals surface area contributed by atoms with Gasteiger partial charge in [0, 0.05) is 27.6 Å². The fourth-order valence-corrected chi connectivity index (χ4v) is 16.9. The van der Waals surface area contributed by atoms with Gasteiger partial charge in [-0.05, 0) is 149 Å². The van der Waals surface area contributed by atoms with Crippen molar-refractivity contribution < 1.29 is 38.1 Å². The Morgan fingerprint density at radius 2 is 0.623 bits per heavy atom. The fourth-order valence-electron chi connectivity index (χ4n) is 16.9. The van der Waals surface area contributed by atoms with E-state index in [1.165, 1.54) is 64.2 Å². The third-order valence-electron chi connectivity index (χ3n) is 22.4. The number of esters is 4. The summed E-state index contributed by atoms with van der Waals surface area (Å²) in [5.41, 5.74) is 8.98. The number of fused-ring (bicyclic) bond motifs is 8. The molecule has 0 spiro atoms. The molecule has 7 aromatic carbocycles. The Morgan fingerprint density at radius 3 is 0.956 bits per heavy atom. The number of nitrogens with one attached hydrogen (secondary N) is 2. The number of rotatable bonds is 41. The molecule has 0 amide bonds. The number of aromatic amines is 2. The number of carbonyl (C=O) groups excluding carboxylic acids is 4. The molecule has 12 rings (SSSR count). The summed E-state index contributed by atoms with van der Waals surface area (Å²) >= 11 is 0. The molecule has 0 radical (unpaired) electrons. The van der Waals surface area contributed by atoms with Gasteiger partial charge in [0.05, 0.1) is 64.9 Å². The van der Waals surface area contributed by atoms with Crippen LogP contribution in [-0.4, -0.2) is 56.0 Å². The molecule has 2 atom stereocenters. The number of H-pyrrole nitrogens is 2. The average molecular weight is 1520 g/mol. The Kier molecular flexibility index (Phi) is 29.1. The molecular weight excluding hydrogens is 1410 g/mol. The summed E-state index contributed by atoms with van der Waals surface area (Å²) < 4.78 is 27.3. The molecule has 10 aromatic rings. The normalized spacial score (nSPS) is 12.8. The highest BCUT2D eigenvalue weighted by Gasteiger charge is 2.48. The van der Waals surface area contributed by atoms with Crippen LogP contribution in [0, 0.1) is 10.8 Å². The molecular formula is C102H114N4O8. The van der Waals surface area contributed by atoms with Crippen LogP contribution in [0.25, 0.3) is 57.5 Å². The van der Waals surface area contributed by atoms with Crippen LogP contribution in [-0.2, 0) is 39.5 Å². The second-order valence-electron chi connectivity index (χ2n) is 32.7. The van der Waals surface area contributed by atoms with Crippen LogP contribution in [0.3, 0.4) is 0 Å². The lowest BCUT2D eigenvalue weighted by Gasteiger charge is -2.42. The smallest absolute Gasteiger partial charge is 0.311 e. The minimum atomic E-state index is -0.985. The number of carbonyl (C=O) groups is 4. The van der Waals surface area contributed by atoms with Crippen molar-refractivity contribution in [3.8, 4) is 22.6 Å². The first kappa shape index (κ1) is 82.5. The summed E-state index contributed by atoms with van der Waals surface area (Å²) in [4.78, 5) is 77.8. The first-order valence-electron chi connectivity index (χ1n) is 41.9. The van der Waals surface area contributed by atoms with Crippen LogP contribution in [0.5, 0.6) is 11.5 Å². The van der Waals surface area contributed by atoms with Gasteiger partial charge in [-0.15, -0.1) is 0 Å². The van der Waals surface area contributed by atoms with E-state index in [1.807, 2.05) is 131 Å². The van der Waals surface area contributed by atoms with Crippen LogP contribution >= 0.6 is 0 Å². The first-order chi connectivity index (χ1) is 55.5. The van der Waals surface area contributed by atoms with E-state index in [1.54, 1.807) is 18.2 Å². The molecule has 114 heavy (non-hydrogen) atoms. The summed E-state index contributed by atoms with van der Waals surface area (Å²) in [5.74, 6) is -1.86. The van der Waals surface area contributed by atoms with Gasteiger partial charge >= 0.3 is 23.9 Å². The summed E-state index contributed by atoms with van der Waals surface area (Å²) in [5, 5.41) is 0. The molecule has 2 aliphatic rings. The second kappa shape index (κ2) is 40.2. The molecule has 0 saturated heterocycles. The van der Waals surface area contributed by atoms with Crippen molar-refractivity contribution in [2.45, 2.75) is 219 Å². The Labute approximate surface area is 675 Å². The van der Waals surface area contributed by atoms with Gasteiger partial charge in [-0.25, -0.2) is 9.97 Å². The van der Waals surface area contributed by atoms with Gasteiger partial charge in [-0.2, -0.15) is 0 Å². The lowest BCUT2D eigenvalue weighted by molar-refractivity contribution is -0.156. The summed E-state index contributed by atoms with van der Waals surface area (Å²) in [6.07, 6.45) is 27.8. The topological polar surface area (TPSA) is 163 Å². The van der Waals surface area contributed by atoms with Gasteiger partial charge in [0.25, 0.3) is 0 Å². The maximum Gasteiger partial charge on any atom is 0.311 e. The third kappa shape index (κ3) is 21.7. The fraction of sp³-hybridized carbons (Fsp3) is 0.353. The van der Waals surface area contributed by atoms with Crippen LogP contribution in [0.15, 0.2) is 243 Å². The Morgan fingerprint density at radius 1 is 0.325 bits per heavy atom. The zero-order valence-corrected chi connectivity index (χ0v) is 67.7. The number of aromatic nitrogens is 4. The molecule has 8 bridgehead atoms. The number of nitrogens with zero attached hydrogens (tertiary/aromatic N) is 2. The Bertz CT molecular complexity index is 4600. The zero-order chi connectivity index (χ0) is 79.6. The van der Waals surface area contributed by atoms with Gasteiger partial charge in [-0.1, -0.05) is 332 Å². The molecule has 2 unspecified atom stereocenters. The summed E-state index contributed by atoms with van der Waals surface area (Å²) in [6, 6.07) is 81.2. The van der Waals surface area contributed by atoms with Crippen molar-refractivity contribution in [3.63, 3.8) is 0 Å². The van der Waals surface area contributed by atoms with E-state index < -0.39 is 57.7 Å². The van der Waals surface area contributed by atoms with Crippen molar-refractivity contribution >= 4 is 70.2 Å². The lowest BCUT2D eigenvalue weighted by Crippen LogP contribution is -2.45. The summed E-state index contributed by atoms with van der Waals surface area (Å²) in [7, 11) is 0. The van der Waals surface area contributed by atoms with Gasteiger partial charge in [0.2, 0.25) is 0 Å². The molecule has 12 heteroatoms. The number of unbranched alkanes of at least 4 members (excludes halogenated alkanes) is 16. The van der Waals surface area contributed by atoms with Crippen molar-refractivity contribution in [2.75, 3.05) is 0 Å². The highest BCUT2D eigenvalue weighted by atomic mass is 16.6. The van der Waals surface area contributed by atoms with Crippen molar-refractivity contribution in [2.24, 2.45) is 10.8 Å². The minimum Gasteiger partial charge on any atom is -0.461 e. The molecule has 5 heterocycles. The van der Waals surface area contributed by atoms with E-state index in [2.05, 4.69) is 169 Å². The third-order valence-corrected chi connectivity index (χ3v) is 22.4. The molecule has 3 aromatic heterocycles. The standard InChI is InChI=1S/C102H114N4O8/c1-7-9-11-13-15-17-19-21-41-58-92(101(75-44-29-23-30-45-75,76-46-31-24-32-47-76)77-48-33-25-34-49-77)113-96(109)73-99(3,4)71-94(107)111-90-56-43-57-91(98(90)88-69-87-68-85-63-62-83(104-85)66-81-60-61-82(103-81)67-84-64-65-86(105-84)70-89(88)106-87)112-95(108)72-100(5,6)74-97(110)114-93(59-42-22-20-18-16-14-12-10-8-2)102(78-50-35-26-36-51-78,79-52-37-27-38-53-79)80-54-39-28-40-55-80/h23-40,43-57,60-70,92-93,103,106H,7-22,41-42,58-59,71-74H2,1-6H3. The maximum atomic E-state index is 15.2. The van der Waals surface area contributed by atoms with Crippen LogP contribution in [0.4, 0.5) is 0 Å². The first-order valence-corrected chi connectivity index (χ1v) is 41.9. The average Bonchev–Trinajstić information content (AvgIpc) is 1.36. The van der Waals surface area contributed by atoms with Gasteiger partial charge in [0.1, 0.15) is 23.7 Å². The van der Waals surface area contributed by atoms with E-state index >= 15 is 19.2 Å². The van der Waals surface area contributed by atoms with Crippen molar-refractivity contribution in [1.82, 2.24) is 19.9 Å². The Balaban J connectivity index is 0.851. The number of hydrogen-bond acceptors (Lipinski definition) is 10. The number of ether oxygens (including phenoxy) is 4. The van der Waals surface area contributed by atoms with E-state index in [0.717, 1.165) is 107 Å². The SMILES string of the molecule is CCCCCCCCCCCC(OC(=O)CC(C)(C)CC(=O)Oc1cccc(OC(=O)CC(C)(C)CC(=O)OC(CCCCCCCCCCC)C(c2ccccc2)(c2ccccc2)c2ccccc2)c1-c1cc2cc3nc(cc4ccc(cc5nc(cc1[nH]2)C=C5)[nH]4)C=C3)C(c1ccccc1)(c1ccccc1)c1ccccc1. The van der Waals surface area contributed by atoms with Crippen LogP contribution < -0.4 is 9.47 Å². The van der Waals surface area contributed by atoms with E-state index in [4.69, 9.17) is 28.9 Å². The number of hydrogen-bond donors (Lipinski definition) is 2. The highest BCUT2D eigenvalue weighted by Crippen LogP contribution is 2.49. The molecule has 0 fully saturated rings. The van der Waals surface area contributed by atoms with Crippen molar-refractivity contribution in [1.29, 1.82) is 0 Å². The van der Waals surface area contributed by atoms with Gasteiger partial charge in [0.15, 0.2) is 0 Å². The molecule has 2 N–H and O–H groups in total. The predicted octanol–water partition coefficient (Wildman–Crippen LogP) is 25.5. The summed E-state index contributed by atoms with van der Waals surface area (Å²) in [6.45, 7) is 12.1. The molecule has 12 nitrogen and oxygen atoms in total. The van der Waals surface area contributed by atoms with E-state index in [9.17, 15) is 0 Å². The maximum absolute atomic E-state index is 15.2. The van der Waals surface area contributed by atoms with Crippen LogP contribution in [0.1, 0.15) is 252 Å². The van der Waals surface area contributed by atoms with Crippen LogP contribution in [0.2, 0.25) is 0 Å². The molecule has 2 aliphatic heterocycles. The second-order valence-corrected chi connectivity index (χ2v) is 32.7. The molecule has 590 valence electrons. The minimum absolute atomic E-state index is 0.102.